The Labute approximate surface area is 157 Å². The van der Waals surface area contributed by atoms with E-state index in [1.54, 1.807) is 12.1 Å². The fourth-order valence-corrected chi connectivity index (χ4v) is 4.47. The topological polar surface area (TPSA) is 66.5 Å². The van der Waals surface area contributed by atoms with Crippen molar-refractivity contribution in [2.45, 2.75) is 30.7 Å². The van der Waals surface area contributed by atoms with E-state index in [4.69, 9.17) is 0 Å². The molecule has 1 saturated heterocycles. The van der Waals surface area contributed by atoms with Crippen molar-refractivity contribution in [3.63, 3.8) is 0 Å². The van der Waals surface area contributed by atoms with Crippen molar-refractivity contribution in [2.75, 3.05) is 13.1 Å². The molecule has 0 bridgehead atoms. The summed E-state index contributed by atoms with van der Waals surface area (Å²) >= 11 is 0. The van der Waals surface area contributed by atoms with Crippen molar-refractivity contribution >= 4 is 15.9 Å². The minimum Gasteiger partial charge on any atom is -0.348 e. The van der Waals surface area contributed by atoms with Crippen LogP contribution in [0.25, 0.3) is 0 Å². The van der Waals surface area contributed by atoms with Gasteiger partial charge in [0.25, 0.3) is 5.91 Å². The van der Waals surface area contributed by atoms with Crippen molar-refractivity contribution < 1.29 is 22.0 Å². The Morgan fingerprint density at radius 2 is 1.63 bits per heavy atom. The van der Waals surface area contributed by atoms with Crippen LogP contribution < -0.4 is 5.32 Å². The third-order valence-corrected chi connectivity index (χ3v) is 6.42. The van der Waals surface area contributed by atoms with Gasteiger partial charge in [0.2, 0.25) is 10.0 Å². The Balaban J connectivity index is 1.63. The predicted molar refractivity (Wildman–Crippen MR) is 96.6 cm³/mol. The molecule has 8 heteroatoms. The summed E-state index contributed by atoms with van der Waals surface area (Å²) in [7, 11) is -3.49. The largest absolute Gasteiger partial charge is 0.348 e. The van der Waals surface area contributed by atoms with E-state index < -0.39 is 27.6 Å². The zero-order chi connectivity index (χ0) is 19.4. The lowest BCUT2D eigenvalue weighted by molar-refractivity contribution is 0.0950. The monoisotopic (exact) mass is 394 g/mol. The summed E-state index contributed by atoms with van der Waals surface area (Å²) in [6, 6.07) is 9.21. The Kier molecular flexibility index (Phi) is 5.86. The smallest absolute Gasteiger partial charge is 0.251 e. The molecule has 1 heterocycles. The van der Waals surface area contributed by atoms with Gasteiger partial charge in [-0.1, -0.05) is 18.6 Å². The summed E-state index contributed by atoms with van der Waals surface area (Å²) in [5.74, 6) is -2.65. The maximum absolute atomic E-state index is 13.2. The highest BCUT2D eigenvalue weighted by Crippen LogP contribution is 2.21. The molecule has 5 nitrogen and oxygen atoms in total. The Morgan fingerprint density at radius 1 is 0.963 bits per heavy atom. The zero-order valence-electron chi connectivity index (χ0n) is 14.6. The van der Waals surface area contributed by atoms with Crippen molar-refractivity contribution in [1.82, 2.24) is 9.62 Å². The number of carbonyl (C=O) groups is 1. The van der Waals surface area contributed by atoms with Gasteiger partial charge in [0.1, 0.15) is 0 Å². The number of halogens is 2. The highest BCUT2D eigenvalue weighted by molar-refractivity contribution is 7.89. The Morgan fingerprint density at radius 3 is 2.26 bits per heavy atom. The van der Waals surface area contributed by atoms with Gasteiger partial charge in [0, 0.05) is 25.2 Å². The molecule has 0 unspecified atom stereocenters. The molecule has 2 aromatic carbocycles. The lowest BCUT2D eigenvalue weighted by Gasteiger charge is -2.25. The summed E-state index contributed by atoms with van der Waals surface area (Å²) in [5, 5.41) is 2.60. The quantitative estimate of drug-likeness (QED) is 0.848. The first kappa shape index (κ1) is 19.4. The van der Waals surface area contributed by atoms with E-state index in [9.17, 15) is 22.0 Å². The van der Waals surface area contributed by atoms with Crippen LogP contribution in [-0.4, -0.2) is 31.7 Å². The van der Waals surface area contributed by atoms with Gasteiger partial charge >= 0.3 is 0 Å². The van der Waals surface area contributed by atoms with Gasteiger partial charge in [-0.25, -0.2) is 17.2 Å². The number of carbonyl (C=O) groups excluding carboxylic acids is 1. The summed E-state index contributed by atoms with van der Waals surface area (Å²) in [5.41, 5.74) is 0.710. The van der Waals surface area contributed by atoms with Crippen LogP contribution in [0.4, 0.5) is 8.78 Å². The van der Waals surface area contributed by atoms with Crippen LogP contribution in [-0.2, 0) is 16.6 Å². The molecule has 1 N–H and O–H groups in total. The molecule has 0 saturated carbocycles. The van der Waals surface area contributed by atoms with Crippen molar-refractivity contribution in [2.24, 2.45) is 0 Å². The molecule has 1 fully saturated rings. The van der Waals surface area contributed by atoms with Crippen LogP contribution in [0.1, 0.15) is 35.2 Å². The van der Waals surface area contributed by atoms with Crippen LogP contribution in [0.2, 0.25) is 0 Å². The van der Waals surface area contributed by atoms with Crippen LogP contribution >= 0.6 is 0 Å². The summed E-state index contributed by atoms with van der Waals surface area (Å²) in [6.45, 7) is 1.21. The molecule has 27 heavy (non-hydrogen) atoms. The van der Waals surface area contributed by atoms with Gasteiger partial charge in [-0.15, -0.1) is 0 Å². The summed E-state index contributed by atoms with van der Waals surface area (Å²) in [4.78, 5) is 12.2. The molecular weight excluding hydrogens is 374 g/mol. The Hall–Kier alpha value is -2.32. The highest BCUT2D eigenvalue weighted by atomic mass is 32.2. The second-order valence-electron chi connectivity index (χ2n) is 6.42. The first-order valence-electron chi connectivity index (χ1n) is 8.70. The van der Waals surface area contributed by atoms with E-state index in [1.165, 1.54) is 22.5 Å². The van der Waals surface area contributed by atoms with E-state index in [2.05, 4.69) is 5.32 Å². The third kappa shape index (κ3) is 4.51. The fraction of sp³-hybridized carbons (Fsp3) is 0.316. The third-order valence-electron chi connectivity index (χ3n) is 4.51. The molecular formula is C19H20F2N2O3S. The Bertz CT molecular complexity index is 924. The van der Waals surface area contributed by atoms with Crippen molar-refractivity contribution in [3.05, 3.63) is 65.2 Å². The predicted octanol–water partition coefficient (Wildman–Crippen LogP) is 3.07. The molecule has 0 aliphatic carbocycles. The molecule has 3 rings (SSSR count). The molecule has 0 spiro atoms. The number of nitrogens with one attached hydrogen (secondary N) is 1. The van der Waals surface area contributed by atoms with Gasteiger partial charge < -0.3 is 5.32 Å². The van der Waals surface area contributed by atoms with Gasteiger partial charge in [0.05, 0.1) is 4.90 Å². The van der Waals surface area contributed by atoms with Gasteiger partial charge in [0.15, 0.2) is 11.6 Å². The molecule has 144 valence electrons. The minimum atomic E-state index is -3.49. The van der Waals surface area contributed by atoms with Crippen molar-refractivity contribution in [3.8, 4) is 0 Å². The number of nitrogens with zero attached hydrogens (tertiary/aromatic N) is 1. The molecule has 2 aromatic rings. The zero-order valence-corrected chi connectivity index (χ0v) is 15.4. The molecule has 0 atom stereocenters. The number of amides is 1. The highest BCUT2D eigenvalue weighted by Gasteiger charge is 2.25. The van der Waals surface area contributed by atoms with Gasteiger partial charge in [-0.3, -0.25) is 4.79 Å². The lowest BCUT2D eigenvalue weighted by atomic mass is 10.2. The first-order chi connectivity index (χ1) is 12.9. The van der Waals surface area contributed by atoms with Crippen LogP contribution in [0, 0.1) is 11.6 Å². The summed E-state index contributed by atoms with van der Waals surface area (Å²) in [6.07, 6.45) is 2.78. The number of piperidine rings is 1. The average Bonchev–Trinajstić information content (AvgIpc) is 2.69. The number of hydrogen-bond donors (Lipinski definition) is 1. The maximum atomic E-state index is 13.2. The molecule has 1 aliphatic rings. The van der Waals surface area contributed by atoms with E-state index in [0.717, 1.165) is 31.4 Å². The standard InChI is InChI=1S/C19H20F2N2O3S/c20-17-9-6-15(12-18(17)21)19(24)22-13-14-4-7-16(8-5-14)27(25,26)23-10-2-1-3-11-23/h4-9,12H,1-3,10-11,13H2,(H,22,24). The van der Waals surface area contributed by atoms with Crippen LogP contribution in [0.3, 0.4) is 0 Å². The average molecular weight is 394 g/mol. The molecule has 0 aromatic heterocycles. The fourth-order valence-electron chi connectivity index (χ4n) is 2.96. The molecule has 0 radical (unpaired) electrons. The minimum absolute atomic E-state index is 0.0122. The number of sulfonamides is 1. The van der Waals surface area contributed by atoms with E-state index in [1.807, 2.05) is 0 Å². The SMILES string of the molecule is O=C(NCc1ccc(S(=O)(=O)N2CCCCC2)cc1)c1ccc(F)c(F)c1. The maximum Gasteiger partial charge on any atom is 0.251 e. The van der Waals surface area contributed by atoms with Crippen molar-refractivity contribution in [1.29, 1.82) is 0 Å². The number of hydrogen-bond acceptors (Lipinski definition) is 3. The molecule has 1 amide bonds. The normalized spacial score (nSPS) is 15.5. The van der Waals surface area contributed by atoms with Crippen LogP contribution in [0.15, 0.2) is 47.4 Å². The van der Waals surface area contributed by atoms with E-state index in [0.29, 0.717) is 18.7 Å². The summed E-state index contributed by atoms with van der Waals surface area (Å²) < 4.78 is 52.8. The lowest BCUT2D eigenvalue weighted by Crippen LogP contribution is -2.35. The second-order valence-corrected chi connectivity index (χ2v) is 8.36. The van der Waals surface area contributed by atoms with Crippen LogP contribution in [0.5, 0.6) is 0 Å². The van der Waals surface area contributed by atoms with Gasteiger partial charge in [-0.2, -0.15) is 4.31 Å². The van der Waals surface area contributed by atoms with E-state index >= 15 is 0 Å². The number of rotatable bonds is 5. The second kappa shape index (κ2) is 8.14. The van der Waals surface area contributed by atoms with Gasteiger partial charge in [-0.05, 0) is 48.7 Å². The van der Waals surface area contributed by atoms with E-state index in [-0.39, 0.29) is 17.0 Å². The number of benzene rings is 2. The first-order valence-corrected chi connectivity index (χ1v) is 10.1. The molecule has 1 aliphatic heterocycles.